The highest BCUT2D eigenvalue weighted by molar-refractivity contribution is 5.98. The van der Waals surface area contributed by atoms with E-state index in [1.54, 1.807) is 0 Å². The van der Waals surface area contributed by atoms with E-state index in [2.05, 4.69) is 13.8 Å². The van der Waals surface area contributed by atoms with Crippen LogP contribution in [0.25, 0.3) is 0 Å². The van der Waals surface area contributed by atoms with Crippen LogP contribution in [0.3, 0.4) is 0 Å². The summed E-state index contributed by atoms with van der Waals surface area (Å²) in [6.45, 7) is 6.82. The molecule has 0 aliphatic heterocycles. The van der Waals surface area contributed by atoms with Crippen LogP contribution in [0.4, 0.5) is 5.69 Å². The van der Waals surface area contributed by atoms with Crippen molar-refractivity contribution in [3.8, 4) is 5.75 Å². The number of Topliss-reactive ketones (excluding diaryl/α,β-unsaturated/α-hetero) is 1. The third kappa shape index (κ3) is 4.97. The summed E-state index contributed by atoms with van der Waals surface area (Å²) in [5, 5.41) is 10.8. The average Bonchev–Trinajstić information content (AvgIpc) is 2.37. The second-order valence-corrected chi connectivity index (χ2v) is 4.81. The fourth-order valence-corrected chi connectivity index (χ4v) is 1.58. The third-order valence-electron chi connectivity index (χ3n) is 2.49. The lowest BCUT2D eigenvalue weighted by Gasteiger charge is -2.09. The van der Waals surface area contributed by atoms with E-state index in [-0.39, 0.29) is 17.0 Å². The Balaban J connectivity index is 2.61. The molecule has 0 saturated carbocycles. The zero-order valence-electron chi connectivity index (χ0n) is 11.9. The molecule has 1 aromatic carbocycles. The molecule has 0 aliphatic carbocycles. The molecule has 6 heteroatoms. The molecule has 0 N–H and O–H groups in total. The first-order valence-electron chi connectivity index (χ1n) is 6.41. The van der Waals surface area contributed by atoms with Gasteiger partial charge in [-0.1, -0.05) is 13.8 Å². The topological polar surface area (TPSA) is 78.7 Å². The number of carbonyl (C=O) groups excluding carboxylic acids is 1. The summed E-state index contributed by atoms with van der Waals surface area (Å²) >= 11 is 0. The van der Waals surface area contributed by atoms with E-state index in [1.807, 2.05) is 0 Å². The molecule has 20 heavy (non-hydrogen) atoms. The molecule has 0 unspecified atom stereocenters. The summed E-state index contributed by atoms with van der Waals surface area (Å²) in [7, 11) is 0. The summed E-state index contributed by atoms with van der Waals surface area (Å²) in [6, 6.07) is 4.15. The number of hydrogen-bond acceptors (Lipinski definition) is 5. The summed E-state index contributed by atoms with van der Waals surface area (Å²) in [5.74, 6) is 0.519. The van der Waals surface area contributed by atoms with Crippen LogP contribution in [-0.4, -0.2) is 30.5 Å². The van der Waals surface area contributed by atoms with Crippen molar-refractivity contribution in [1.82, 2.24) is 0 Å². The Morgan fingerprint density at radius 2 is 2.05 bits per heavy atom. The monoisotopic (exact) mass is 281 g/mol. The minimum absolute atomic E-state index is 0.0515. The Hall–Kier alpha value is -1.95. The molecule has 0 atom stereocenters. The molecular weight excluding hydrogens is 262 g/mol. The molecule has 0 saturated heterocycles. The van der Waals surface area contributed by atoms with Gasteiger partial charge < -0.3 is 9.47 Å². The minimum Gasteiger partial charge on any atom is -0.491 e. The molecule has 1 aromatic rings. The van der Waals surface area contributed by atoms with Crippen LogP contribution in [0, 0.1) is 16.0 Å². The largest absolute Gasteiger partial charge is 0.491 e. The normalized spacial score (nSPS) is 10.6. The number of ether oxygens (including phenoxy) is 2. The molecule has 0 radical (unpaired) electrons. The van der Waals surface area contributed by atoms with E-state index in [4.69, 9.17) is 9.47 Å². The number of ketones is 1. The van der Waals surface area contributed by atoms with Gasteiger partial charge in [0.15, 0.2) is 5.78 Å². The fourth-order valence-electron chi connectivity index (χ4n) is 1.58. The Kier molecular flexibility index (Phi) is 6.11. The van der Waals surface area contributed by atoms with Crippen molar-refractivity contribution < 1.29 is 19.2 Å². The quantitative estimate of drug-likeness (QED) is 0.317. The van der Waals surface area contributed by atoms with E-state index in [1.165, 1.54) is 25.1 Å². The highest BCUT2D eigenvalue weighted by Crippen LogP contribution is 2.24. The van der Waals surface area contributed by atoms with Gasteiger partial charge in [-0.2, -0.15) is 0 Å². The summed E-state index contributed by atoms with van der Waals surface area (Å²) in [6.07, 6.45) is 0. The van der Waals surface area contributed by atoms with Crippen LogP contribution in [0.1, 0.15) is 31.1 Å². The van der Waals surface area contributed by atoms with E-state index in [0.29, 0.717) is 31.5 Å². The van der Waals surface area contributed by atoms with Gasteiger partial charge in [-0.15, -0.1) is 0 Å². The lowest BCUT2D eigenvalue weighted by molar-refractivity contribution is -0.385. The first-order chi connectivity index (χ1) is 9.41. The summed E-state index contributed by atoms with van der Waals surface area (Å²) in [5.41, 5.74) is -0.156. The van der Waals surface area contributed by atoms with Gasteiger partial charge in [0, 0.05) is 12.7 Å². The maximum absolute atomic E-state index is 11.4. The van der Waals surface area contributed by atoms with Crippen molar-refractivity contribution in [2.45, 2.75) is 20.8 Å². The van der Waals surface area contributed by atoms with Gasteiger partial charge in [0.1, 0.15) is 12.4 Å². The van der Waals surface area contributed by atoms with Crippen LogP contribution in [0.15, 0.2) is 18.2 Å². The van der Waals surface area contributed by atoms with Crippen LogP contribution in [0.2, 0.25) is 0 Å². The van der Waals surface area contributed by atoms with Gasteiger partial charge in [0.05, 0.1) is 17.1 Å². The Morgan fingerprint density at radius 3 is 2.60 bits per heavy atom. The summed E-state index contributed by atoms with van der Waals surface area (Å²) in [4.78, 5) is 21.6. The first-order valence-corrected chi connectivity index (χ1v) is 6.41. The van der Waals surface area contributed by atoms with Gasteiger partial charge in [-0.25, -0.2) is 0 Å². The molecule has 0 aliphatic rings. The van der Waals surface area contributed by atoms with Crippen molar-refractivity contribution in [2.75, 3.05) is 19.8 Å². The SMILES string of the molecule is CC(=O)c1cc(OCCOCC(C)C)ccc1[N+](=O)[O-]. The van der Waals surface area contributed by atoms with E-state index >= 15 is 0 Å². The number of nitro benzene ring substituents is 1. The third-order valence-corrected chi connectivity index (χ3v) is 2.49. The van der Waals surface area contributed by atoms with Crippen LogP contribution >= 0.6 is 0 Å². The molecule has 0 heterocycles. The molecule has 0 aromatic heterocycles. The number of benzene rings is 1. The van der Waals surface area contributed by atoms with Gasteiger partial charge in [-0.05, 0) is 25.0 Å². The molecule has 0 bridgehead atoms. The van der Waals surface area contributed by atoms with E-state index < -0.39 is 4.92 Å². The number of hydrogen-bond donors (Lipinski definition) is 0. The van der Waals surface area contributed by atoms with Gasteiger partial charge in [0.2, 0.25) is 0 Å². The maximum atomic E-state index is 11.4. The molecular formula is C14H19NO5. The molecule has 110 valence electrons. The fraction of sp³-hybridized carbons (Fsp3) is 0.500. The highest BCUT2D eigenvalue weighted by Gasteiger charge is 2.17. The average molecular weight is 281 g/mol. The van der Waals surface area contributed by atoms with Crippen LogP contribution in [-0.2, 0) is 4.74 Å². The first kappa shape index (κ1) is 16.1. The smallest absolute Gasteiger partial charge is 0.280 e. The molecule has 1 rings (SSSR count). The predicted octanol–water partition coefficient (Wildman–Crippen LogP) is 2.85. The maximum Gasteiger partial charge on any atom is 0.280 e. The van der Waals surface area contributed by atoms with Crippen molar-refractivity contribution in [1.29, 1.82) is 0 Å². The summed E-state index contributed by atoms with van der Waals surface area (Å²) < 4.78 is 10.8. The predicted molar refractivity (Wildman–Crippen MR) is 74.3 cm³/mol. The lowest BCUT2D eigenvalue weighted by atomic mass is 10.1. The zero-order valence-corrected chi connectivity index (χ0v) is 11.9. The van der Waals surface area contributed by atoms with Crippen molar-refractivity contribution >= 4 is 11.5 Å². The second-order valence-electron chi connectivity index (χ2n) is 4.81. The van der Waals surface area contributed by atoms with Gasteiger partial charge in [-0.3, -0.25) is 14.9 Å². The van der Waals surface area contributed by atoms with E-state index in [0.717, 1.165) is 0 Å². The molecule has 0 amide bonds. The van der Waals surface area contributed by atoms with Crippen molar-refractivity contribution in [3.05, 3.63) is 33.9 Å². The highest BCUT2D eigenvalue weighted by atomic mass is 16.6. The molecule has 6 nitrogen and oxygen atoms in total. The van der Waals surface area contributed by atoms with Crippen LogP contribution < -0.4 is 4.74 Å². The van der Waals surface area contributed by atoms with Crippen molar-refractivity contribution in [2.24, 2.45) is 5.92 Å². The number of carbonyl (C=O) groups is 1. The molecule has 0 spiro atoms. The number of nitrogens with zero attached hydrogens (tertiary/aromatic N) is 1. The Morgan fingerprint density at radius 1 is 1.35 bits per heavy atom. The Labute approximate surface area is 117 Å². The minimum atomic E-state index is -0.577. The van der Waals surface area contributed by atoms with E-state index in [9.17, 15) is 14.9 Å². The van der Waals surface area contributed by atoms with Crippen molar-refractivity contribution in [3.63, 3.8) is 0 Å². The standard InChI is InChI=1S/C14H19NO5/c1-10(2)9-19-6-7-20-12-4-5-14(15(17)18)13(8-12)11(3)16/h4-5,8,10H,6-7,9H2,1-3H3. The number of nitro groups is 1. The second kappa shape index (κ2) is 7.59. The number of rotatable bonds is 8. The zero-order chi connectivity index (χ0) is 15.1. The van der Waals surface area contributed by atoms with Crippen LogP contribution in [0.5, 0.6) is 5.75 Å². The van der Waals surface area contributed by atoms with Gasteiger partial charge in [0.25, 0.3) is 5.69 Å². The molecule has 0 fully saturated rings. The van der Waals surface area contributed by atoms with Gasteiger partial charge >= 0.3 is 0 Å². The lowest BCUT2D eigenvalue weighted by Crippen LogP contribution is -2.10. The Bertz CT molecular complexity index is 484.